The molecule has 1 unspecified atom stereocenters. The Hall–Kier alpha value is -1.84. The molecule has 1 heterocycles. The zero-order valence-corrected chi connectivity index (χ0v) is 11.9. The monoisotopic (exact) mass is 275 g/mol. The summed E-state index contributed by atoms with van der Waals surface area (Å²) in [5, 5.41) is 0. The minimum absolute atomic E-state index is 0.0414. The van der Waals surface area contributed by atoms with Crippen LogP contribution in [0.5, 0.6) is 0 Å². The highest BCUT2D eigenvalue weighted by atomic mass is 16.6. The molecule has 1 aromatic rings. The van der Waals surface area contributed by atoms with E-state index < -0.39 is 0 Å². The van der Waals surface area contributed by atoms with Crippen LogP contribution in [0.15, 0.2) is 30.3 Å². The maximum absolute atomic E-state index is 12.0. The second-order valence-corrected chi connectivity index (χ2v) is 5.29. The van der Waals surface area contributed by atoms with Crippen LogP contribution in [0.3, 0.4) is 0 Å². The standard InChI is InChI=1S/C16H21NO3/c1-13-9-11-17(10-5-8-15(13)18)16(19)20-12-14-6-3-2-4-7-14/h2-4,6-7,13H,5,8-12H2,1H3. The van der Waals surface area contributed by atoms with E-state index in [1.807, 2.05) is 37.3 Å². The van der Waals surface area contributed by atoms with Crippen LogP contribution in [0.4, 0.5) is 4.79 Å². The molecule has 1 amide bonds. The lowest BCUT2D eigenvalue weighted by molar-refractivity contribution is -0.123. The molecule has 4 nitrogen and oxygen atoms in total. The van der Waals surface area contributed by atoms with Gasteiger partial charge in [-0.25, -0.2) is 4.79 Å². The van der Waals surface area contributed by atoms with Crippen molar-refractivity contribution in [1.29, 1.82) is 0 Å². The first-order valence-corrected chi connectivity index (χ1v) is 7.15. The van der Waals surface area contributed by atoms with Gasteiger partial charge in [-0.2, -0.15) is 0 Å². The Morgan fingerprint density at radius 3 is 2.80 bits per heavy atom. The van der Waals surface area contributed by atoms with Crippen molar-refractivity contribution in [1.82, 2.24) is 4.90 Å². The summed E-state index contributed by atoms with van der Waals surface area (Å²) in [5.74, 6) is 0.349. The van der Waals surface area contributed by atoms with E-state index in [1.54, 1.807) is 4.90 Å². The van der Waals surface area contributed by atoms with Gasteiger partial charge in [0.2, 0.25) is 0 Å². The molecule has 0 bridgehead atoms. The van der Waals surface area contributed by atoms with Gasteiger partial charge in [0.15, 0.2) is 0 Å². The summed E-state index contributed by atoms with van der Waals surface area (Å²) in [5.41, 5.74) is 0.983. The average Bonchev–Trinajstić information content (AvgIpc) is 2.47. The van der Waals surface area contributed by atoms with E-state index in [2.05, 4.69) is 0 Å². The van der Waals surface area contributed by atoms with Crippen LogP contribution in [-0.4, -0.2) is 29.9 Å². The molecule has 1 saturated heterocycles. The van der Waals surface area contributed by atoms with Gasteiger partial charge >= 0.3 is 6.09 Å². The number of nitrogens with zero attached hydrogens (tertiary/aromatic N) is 1. The molecule has 0 saturated carbocycles. The number of ketones is 1. The van der Waals surface area contributed by atoms with Gasteiger partial charge in [-0.1, -0.05) is 37.3 Å². The van der Waals surface area contributed by atoms with Gasteiger partial charge in [0.1, 0.15) is 12.4 Å². The minimum atomic E-state index is -0.282. The van der Waals surface area contributed by atoms with Crippen molar-refractivity contribution in [3.05, 3.63) is 35.9 Å². The Bertz CT molecular complexity index is 458. The summed E-state index contributed by atoms with van der Waals surface area (Å²) < 4.78 is 5.33. The fourth-order valence-corrected chi connectivity index (χ4v) is 2.31. The molecule has 0 aromatic heterocycles. The van der Waals surface area contributed by atoms with Gasteiger partial charge in [-0.3, -0.25) is 4.79 Å². The smallest absolute Gasteiger partial charge is 0.410 e. The van der Waals surface area contributed by atoms with Crippen molar-refractivity contribution in [2.75, 3.05) is 13.1 Å². The summed E-state index contributed by atoms with van der Waals surface area (Å²) in [7, 11) is 0. The van der Waals surface area contributed by atoms with Crippen molar-refractivity contribution >= 4 is 11.9 Å². The van der Waals surface area contributed by atoms with Gasteiger partial charge < -0.3 is 9.64 Å². The lowest BCUT2D eigenvalue weighted by Crippen LogP contribution is -2.36. The third-order valence-corrected chi connectivity index (χ3v) is 3.70. The number of ether oxygens (including phenoxy) is 1. The van der Waals surface area contributed by atoms with Gasteiger partial charge in [0, 0.05) is 25.4 Å². The number of rotatable bonds is 2. The maximum atomic E-state index is 12.0. The summed E-state index contributed by atoms with van der Waals surface area (Å²) in [6.07, 6.45) is 1.72. The van der Waals surface area contributed by atoms with Crippen molar-refractivity contribution in [3.8, 4) is 0 Å². The molecule has 1 fully saturated rings. The molecule has 1 aromatic carbocycles. The zero-order valence-electron chi connectivity index (χ0n) is 11.9. The topological polar surface area (TPSA) is 46.6 Å². The van der Waals surface area contributed by atoms with Gasteiger partial charge in [0.25, 0.3) is 0 Å². The van der Waals surface area contributed by atoms with Crippen LogP contribution < -0.4 is 0 Å². The van der Waals surface area contributed by atoms with Gasteiger partial charge in [-0.05, 0) is 18.4 Å². The summed E-state index contributed by atoms with van der Waals surface area (Å²) in [4.78, 5) is 25.4. The molecule has 1 atom stereocenters. The number of Topliss-reactive ketones (excluding diaryl/α,β-unsaturated/α-hetero) is 1. The van der Waals surface area contributed by atoms with Crippen LogP contribution in [0.2, 0.25) is 0 Å². The van der Waals surface area contributed by atoms with Crippen molar-refractivity contribution < 1.29 is 14.3 Å². The van der Waals surface area contributed by atoms with Gasteiger partial charge in [-0.15, -0.1) is 0 Å². The third-order valence-electron chi connectivity index (χ3n) is 3.70. The predicted molar refractivity (Wildman–Crippen MR) is 76.2 cm³/mol. The quantitative estimate of drug-likeness (QED) is 0.833. The first-order valence-electron chi connectivity index (χ1n) is 7.15. The zero-order chi connectivity index (χ0) is 14.4. The number of carbonyl (C=O) groups excluding carboxylic acids is 2. The molecule has 2 rings (SSSR count). The van der Waals surface area contributed by atoms with E-state index in [1.165, 1.54) is 0 Å². The Morgan fingerprint density at radius 2 is 2.05 bits per heavy atom. The van der Waals surface area contributed by atoms with E-state index >= 15 is 0 Å². The van der Waals surface area contributed by atoms with E-state index in [4.69, 9.17) is 4.74 Å². The van der Waals surface area contributed by atoms with Crippen LogP contribution in [-0.2, 0) is 16.1 Å². The number of amides is 1. The van der Waals surface area contributed by atoms with Crippen molar-refractivity contribution in [2.45, 2.75) is 32.8 Å². The van der Waals surface area contributed by atoms with E-state index in [-0.39, 0.29) is 12.0 Å². The predicted octanol–water partition coefficient (Wildman–Crippen LogP) is 3.01. The van der Waals surface area contributed by atoms with Crippen LogP contribution in [0.25, 0.3) is 0 Å². The Kier molecular flexibility index (Phi) is 5.16. The fourth-order valence-electron chi connectivity index (χ4n) is 2.31. The maximum Gasteiger partial charge on any atom is 0.410 e. The largest absolute Gasteiger partial charge is 0.445 e. The van der Waals surface area contributed by atoms with E-state index in [9.17, 15) is 9.59 Å². The fraction of sp³-hybridized carbons (Fsp3) is 0.500. The second kappa shape index (κ2) is 7.08. The summed E-state index contributed by atoms with van der Waals surface area (Å²) in [6.45, 7) is 3.43. The molecule has 4 heteroatoms. The highest BCUT2D eigenvalue weighted by Crippen LogP contribution is 2.15. The van der Waals surface area contributed by atoms with Crippen LogP contribution in [0, 0.1) is 5.92 Å². The summed E-state index contributed by atoms with van der Waals surface area (Å²) in [6, 6.07) is 9.64. The van der Waals surface area contributed by atoms with E-state index in [0.29, 0.717) is 31.9 Å². The Balaban J connectivity index is 1.84. The molecular weight excluding hydrogens is 254 g/mol. The molecule has 20 heavy (non-hydrogen) atoms. The van der Waals surface area contributed by atoms with Crippen LogP contribution >= 0.6 is 0 Å². The number of likely N-dealkylation sites (tertiary alicyclic amines) is 1. The van der Waals surface area contributed by atoms with Gasteiger partial charge in [0.05, 0.1) is 0 Å². The molecular formula is C16H21NO3. The van der Waals surface area contributed by atoms with Crippen molar-refractivity contribution in [3.63, 3.8) is 0 Å². The first-order chi connectivity index (χ1) is 9.66. The van der Waals surface area contributed by atoms with Crippen LogP contribution in [0.1, 0.15) is 31.7 Å². The molecule has 0 aliphatic carbocycles. The minimum Gasteiger partial charge on any atom is -0.445 e. The molecule has 1 aliphatic heterocycles. The highest BCUT2D eigenvalue weighted by molar-refractivity contribution is 5.81. The number of benzene rings is 1. The lowest BCUT2D eigenvalue weighted by atomic mass is 9.97. The average molecular weight is 275 g/mol. The third kappa shape index (κ3) is 4.08. The molecule has 108 valence electrons. The Morgan fingerprint density at radius 1 is 1.30 bits per heavy atom. The highest BCUT2D eigenvalue weighted by Gasteiger charge is 2.22. The molecule has 1 aliphatic rings. The SMILES string of the molecule is CC1CCN(C(=O)OCc2ccccc2)CCCC1=O. The Labute approximate surface area is 119 Å². The normalized spacial score (nSPS) is 20.1. The molecule has 0 spiro atoms. The molecule has 0 radical (unpaired) electrons. The first kappa shape index (κ1) is 14.6. The second-order valence-electron chi connectivity index (χ2n) is 5.29. The molecule has 0 N–H and O–H groups in total. The number of carbonyl (C=O) groups is 2. The van der Waals surface area contributed by atoms with E-state index in [0.717, 1.165) is 18.4 Å². The lowest BCUT2D eigenvalue weighted by Gasteiger charge is -2.26. The van der Waals surface area contributed by atoms with Crippen molar-refractivity contribution in [2.24, 2.45) is 5.92 Å². The number of hydrogen-bond acceptors (Lipinski definition) is 3. The number of hydrogen-bond donors (Lipinski definition) is 0. The summed E-state index contributed by atoms with van der Waals surface area (Å²) >= 11 is 0.